The largest absolute Gasteiger partial charge is 0.382 e. The summed E-state index contributed by atoms with van der Waals surface area (Å²) in [6.45, 7) is 4.31. The number of hydrogen-bond acceptors (Lipinski definition) is 2. The van der Waals surface area contributed by atoms with Crippen LogP contribution < -0.4 is 0 Å². The van der Waals surface area contributed by atoms with Crippen LogP contribution in [-0.2, 0) is 6.42 Å². The van der Waals surface area contributed by atoms with E-state index in [9.17, 15) is 9.50 Å². The fraction of sp³-hybridized carbons (Fsp3) is 0.312. The topological polar surface area (TPSA) is 33.1 Å². The lowest BCUT2D eigenvalue weighted by molar-refractivity contribution is 0.215. The van der Waals surface area contributed by atoms with E-state index in [1.807, 2.05) is 24.3 Å². The molecule has 1 heterocycles. The number of aliphatic hydroxyl groups is 1. The summed E-state index contributed by atoms with van der Waals surface area (Å²) < 4.78 is 12.8. The average Bonchev–Trinajstić information content (AvgIpc) is 2.38. The Balaban J connectivity index is 2.23. The van der Waals surface area contributed by atoms with Crippen molar-refractivity contribution in [2.45, 2.75) is 26.4 Å². The maximum atomic E-state index is 12.8. The second kappa shape index (κ2) is 5.93. The quantitative estimate of drug-likeness (QED) is 0.911. The van der Waals surface area contributed by atoms with Crippen LogP contribution in [0.25, 0.3) is 0 Å². The number of hydrogen-bond donors (Lipinski definition) is 1. The maximum absolute atomic E-state index is 12.8. The van der Waals surface area contributed by atoms with Gasteiger partial charge in [-0.25, -0.2) is 4.39 Å². The third-order valence-electron chi connectivity index (χ3n) is 2.94. The van der Waals surface area contributed by atoms with E-state index in [1.165, 1.54) is 17.7 Å². The SMILES string of the molecule is CC(C)Cc1cccc(C(O)c2ccc(F)cn2)c1. The van der Waals surface area contributed by atoms with Crippen molar-refractivity contribution in [2.24, 2.45) is 5.92 Å². The van der Waals surface area contributed by atoms with Gasteiger partial charge < -0.3 is 5.11 Å². The Hall–Kier alpha value is -1.74. The van der Waals surface area contributed by atoms with Crippen molar-refractivity contribution in [2.75, 3.05) is 0 Å². The molecule has 1 atom stereocenters. The van der Waals surface area contributed by atoms with E-state index in [-0.39, 0.29) is 0 Å². The van der Waals surface area contributed by atoms with E-state index in [4.69, 9.17) is 0 Å². The van der Waals surface area contributed by atoms with Crippen LogP contribution in [0.15, 0.2) is 42.6 Å². The molecule has 0 saturated carbocycles. The van der Waals surface area contributed by atoms with Gasteiger partial charge in [-0.15, -0.1) is 0 Å². The van der Waals surface area contributed by atoms with Gasteiger partial charge in [-0.3, -0.25) is 4.98 Å². The number of halogens is 1. The van der Waals surface area contributed by atoms with Gasteiger partial charge in [0.05, 0.1) is 11.9 Å². The van der Waals surface area contributed by atoms with E-state index in [0.717, 1.165) is 18.2 Å². The molecular weight excluding hydrogens is 241 g/mol. The molecule has 0 spiro atoms. The summed E-state index contributed by atoms with van der Waals surface area (Å²) in [4.78, 5) is 3.92. The molecule has 0 aliphatic carbocycles. The molecule has 0 radical (unpaired) electrons. The Labute approximate surface area is 112 Å². The highest BCUT2D eigenvalue weighted by atomic mass is 19.1. The van der Waals surface area contributed by atoms with Crippen LogP contribution in [0.4, 0.5) is 4.39 Å². The molecule has 0 fully saturated rings. The fourth-order valence-electron chi connectivity index (χ4n) is 2.08. The van der Waals surface area contributed by atoms with Crippen molar-refractivity contribution in [3.8, 4) is 0 Å². The van der Waals surface area contributed by atoms with Crippen molar-refractivity contribution in [1.82, 2.24) is 4.98 Å². The van der Waals surface area contributed by atoms with Gasteiger partial charge in [0.25, 0.3) is 0 Å². The molecule has 1 aromatic heterocycles. The molecule has 0 aliphatic rings. The summed E-state index contributed by atoms with van der Waals surface area (Å²) >= 11 is 0. The van der Waals surface area contributed by atoms with Crippen LogP contribution in [0.5, 0.6) is 0 Å². The average molecular weight is 259 g/mol. The summed E-state index contributed by atoms with van der Waals surface area (Å²) in [7, 11) is 0. The van der Waals surface area contributed by atoms with Crippen molar-refractivity contribution in [3.05, 3.63) is 65.2 Å². The van der Waals surface area contributed by atoms with Crippen LogP contribution in [0.1, 0.15) is 36.8 Å². The molecule has 0 aliphatic heterocycles. The molecule has 2 rings (SSSR count). The predicted octanol–water partition coefficient (Wildman–Crippen LogP) is 3.50. The van der Waals surface area contributed by atoms with Gasteiger partial charge in [0.2, 0.25) is 0 Å². The zero-order valence-corrected chi connectivity index (χ0v) is 11.2. The van der Waals surface area contributed by atoms with Gasteiger partial charge in [-0.2, -0.15) is 0 Å². The summed E-state index contributed by atoms with van der Waals surface area (Å²) in [6, 6.07) is 10.6. The number of aromatic nitrogens is 1. The standard InChI is InChI=1S/C16H18FNO/c1-11(2)8-12-4-3-5-13(9-12)16(19)15-7-6-14(17)10-18-15/h3-7,9-11,16,19H,8H2,1-2H3. The normalized spacial score (nSPS) is 12.7. The highest BCUT2D eigenvalue weighted by Crippen LogP contribution is 2.22. The molecule has 2 nitrogen and oxygen atoms in total. The Morgan fingerprint density at radius 1 is 1.21 bits per heavy atom. The molecular formula is C16H18FNO. The third-order valence-corrected chi connectivity index (χ3v) is 2.94. The lowest BCUT2D eigenvalue weighted by Crippen LogP contribution is -2.04. The molecule has 19 heavy (non-hydrogen) atoms. The molecule has 2 aromatic rings. The Bertz CT molecular complexity index is 537. The zero-order valence-electron chi connectivity index (χ0n) is 11.2. The van der Waals surface area contributed by atoms with Gasteiger partial charge >= 0.3 is 0 Å². The van der Waals surface area contributed by atoms with Crippen LogP contribution in [0.3, 0.4) is 0 Å². The van der Waals surface area contributed by atoms with Crippen LogP contribution in [0.2, 0.25) is 0 Å². The Morgan fingerprint density at radius 3 is 2.63 bits per heavy atom. The van der Waals surface area contributed by atoms with Crippen molar-refractivity contribution in [1.29, 1.82) is 0 Å². The monoisotopic (exact) mass is 259 g/mol. The van der Waals surface area contributed by atoms with Crippen LogP contribution >= 0.6 is 0 Å². The summed E-state index contributed by atoms with van der Waals surface area (Å²) in [6.07, 6.45) is 1.28. The zero-order chi connectivity index (χ0) is 13.8. The predicted molar refractivity (Wildman–Crippen MR) is 73.2 cm³/mol. The number of rotatable bonds is 4. The summed E-state index contributed by atoms with van der Waals surface area (Å²) in [5, 5.41) is 10.3. The first-order valence-electron chi connectivity index (χ1n) is 6.44. The van der Waals surface area contributed by atoms with Gasteiger partial charge in [-0.1, -0.05) is 38.1 Å². The lowest BCUT2D eigenvalue weighted by Gasteiger charge is -2.12. The highest BCUT2D eigenvalue weighted by molar-refractivity contribution is 5.30. The number of benzene rings is 1. The first-order valence-corrected chi connectivity index (χ1v) is 6.44. The Morgan fingerprint density at radius 2 is 2.00 bits per heavy atom. The van der Waals surface area contributed by atoms with Crippen LogP contribution in [-0.4, -0.2) is 10.1 Å². The van der Waals surface area contributed by atoms with E-state index in [0.29, 0.717) is 11.6 Å². The minimum atomic E-state index is -0.812. The highest BCUT2D eigenvalue weighted by Gasteiger charge is 2.12. The molecule has 100 valence electrons. The first-order chi connectivity index (χ1) is 9.06. The molecule has 0 saturated heterocycles. The second-order valence-electron chi connectivity index (χ2n) is 5.15. The van der Waals surface area contributed by atoms with E-state index < -0.39 is 11.9 Å². The first kappa shape index (κ1) is 13.7. The van der Waals surface area contributed by atoms with Crippen molar-refractivity contribution in [3.63, 3.8) is 0 Å². The van der Waals surface area contributed by atoms with Crippen LogP contribution in [0, 0.1) is 11.7 Å². The third kappa shape index (κ3) is 3.61. The summed E-state index contributed by atoms with van der Waals surface area (Å²) in [5.41, 5.74) is 2.44. The second-order valence-corrected chi connectivity index (χ2v) is 5.15. The number of aliphatic hydroxyl groups excluding tert-OH is 1. The molecule has 3 heteroatoms. The minimum absolute atomic E-state index is 0.399. The molecule has 0 bridgehead atoms. The van der Waals surface area contributed by atoms with E-state index in [2.05, 4.69) is 18.8 Å². The smallest absolute Gasteiger partial charge is 0.141 e. The molecule has 1 aromatic carbocycles. The maximum Gasteiger partial charge on any atom is 0.141 e. The van der Waals surface area contributed by atoms with Crippen molar-refractivity contribution >= 4 is 0 Å². The Kier molecular flexibility index (Phi) is 4.27. The molecule has 0 amide bonds. The number of nitrogens with zero attached hydrogens (tertiary/aromatic N) is 1. The fourth-order valence-corrected chi connectivity index (χ4v) is 2.08. The van der Waals surface area contributed by atoms with E-state index in [1.54, 1.807) is 0 Å². The van der Waals surface area contributed by atoms with Gasteiger partial charge in [-0.05, 0) is 35.6 Å². The number of pyridine rings is 1. The van der Waals surface area contributed by atoms with Crippen molar-refractivity contribution < 1.29 is 9.50 Å². The van der Waals surface area contributed by atoms with Gasteiger partial charge in [0, 0.05) is 0 Å². The molecule has 1 N–H and O–H groups in total. The minimum Gasteiger partial charge on any atom is -0.382 e. The summed E-state index contributed by atoms with van der Waals surface area (Å²) in [5.74, 6) is 0.167. The van der Waals surface area contributed by atoms with Gasteiger partial charge in [0.1, 0.15) is 11.9 Å². The van der Waals surface area contributed by atoms with Gasteiger partial charge in [0.15, 0.2) is 0 Å². The molecule has 1 unspecified atom stereocenters. The van der Waals surface area contributed by atoms with E-state index >= 15 is 0 Å². The lowest BCUT2D eigenvalue weighted by atomic mass is 9.98.